The van der Waals surface area contributed by atoms with Gasteiger partial charge in [0.15, 0.2) is 0 Å². The third-order valence-corrected chi connectivity index (χ3v) is 0. The zero-order chi connectivity index (χ0) is 3.58. The van der Waals surface area contributed by atoms with Crippen LogP contribution in [0.3, 0.4) is 0 Å². The van der Waals surface area contributed by atoms with Gasteiger partial charge in [-0.15, -0.1) is 0 Å². The molecule has 31 valence electrons. The zero-order valence-electron chi connectivity index (χ0n) is 2.03. The molecule has 0 aliphatic rings. The van der Waals surface area contributed by atoms with Crippen LogP contribution in [0.5, 0.6) is 0 Å². The molecule has 0 rings (SSSR count). The van der Waals surface area contributed by atoms with E-state index in [2.05, 4.69) is 0 Å². The third-order valence-electron chi connectivity index (χ3n) is 0. The fraction of sp³-hybridized carbons (Fsp3) is 0. The van der Waals surface area contributed by atoms with Gasteiger partial charge in [-0.3, -0.25) is 0 Å². The summed E-state index contributed by atoms with van der Waals surface area (Å²) in [6.45, 7) is 0. The van der Waals surface area contributed by atoms with E-state index in [4.69, 9.17) is 25.5 Å². The monoisotopic (exact) mass is 523 g/mol. The summed E-state index contributed by atoms with van der Waals surface area (Å²) in [6, 6.07) is 0. The van der Waals surface area contributed by atoms with Crippen molar-refractivity contribution in [1.29, 1.82) is 0 Å². The molecule has 0 amide bonds. The minimum absolute atomic E-state index is 0. The van der Waals surface area contributed by atoms with Gasteiger partial charge in [0.2, 0.25) is 0 Å². The molecule has 0 fully saturated rings. The molecular formula is Bi2Cl3. The molecule has 0 aromatic heterocycles. The Morgan fingerprint density at radius 3 is 1.00 bits per heavy atom. The zero-order valence-corrected chi connectivity index (χ0v) is 11.3. The van der Waals surface area contributed by atoms with Crippen LogP contribution in [0.1, 0.15) is 0 Å². The first-order valence-corrected chi connectivity index (χ1v) is 13.3. The molecule has 0 aliphatic heterocycles. The van der Waals surface area contributed by atoms with Crippen LogP contribution in [0.4, 0.5) is 0 Å². The Morgan fingerprint density at radius 2 is 1.00 bits per heavy atom. The summed E-state index contributed by atoms with van der Waals surface area (Å²) in [7, 11) is 15.0. The van der Waals surface area contributed by atoms with E-state index in [1.807, 2.05) is 0 Å². The summed E-state index contributed by atoms with van der Waals surface area (Å²) in [5.74, 6) is 0. The quantitative estimate of drug-likeness (QED) is 0.420. The molecule has 0 heterocycles. The third kappa shape index (κ3) is 20.5. The van der Waals surface area contributed by atoms with E-state index in [-0.39, 0.29) is 26.2 Å². The standard InChI is InChI=1S/2Bi.3ClH/h;;3*1H/q;+3;;;/p-3. The number of hydrogen-bond donors (Lipinski definition) is 0. The first-order valence-electron chi connectivity index (χ1n) is 0.507. The molecule has 0 bridgehead atoms. The molecule has 0 aromatic carbocycles. The molecule has 0 saturated heterocycles. The summed E-state index contributed by atoms with van der Waals surface area (Å²) in [5, 5.41) is 0. The fourth-order valence-electron chi connectivity index (χ4n) is 0. The summed E-state index contributed by atoms with van der Waals surface area (Å²) in [4.78, 5) is 0. The summed E-state index contributed by atoms with van der Waals surface area (Å²) < 4.78 is 0. The van der Waals surface area contributed by atoms with E-state index < -0.39 is 18.2 Å². The Bertz CT molecular complexity index is 9.61. The van der Waals surface area contributed by atoms with Gasteiger partial charge in [-0.2, -0.15) is 0 Å². The summed E-state index contributed by atoms with van der Waals surface area (Å²) in [5.41, 5.74) is 0. The Morgan fingerprint density at radius 1 is 1.00 bits per heavy atom. The number of halogens is 3. The van der Waals surface area contributed by atoms with Crippen LogP contribution < -0.4 is 0 Å². The van der Waals surface area contributed by atoms with Crippen LogP contribution in [0.2, 0.25) is 0 Å². The van der Waals surface area contributed by atoms with Crippen molar-refractivity contribution in [2.24, 2.45) is 0 Å². The number of hydrogen-bond acceptors (Lipinski definition) is 0. The summed E-state index contributed by atoms with van der Waals surface area (Å²) in [6.07, 6.45) is 0. The van der Waals surface area contributed by atoms with Crippen molar-refractivity contribution in [3.05, 3.63) is 0 Å². The first-order chi connectivity index (χ1) is 1.73. The van der Waals surface area contributed by atoms with Crippen molar-refractivity contribution < 1.29 is 0 Å². The molecule has 5 heavy (non-hydrogen) atoms. The van der Waals surface area contributed by atoms with Crippen LogP contribution in [-0.2, 0) is 0 Å². The Labute approximate surface area is 68.6 Å². The van der Waals surface area contributed by atoms with E-state index in [0.717, 1.165) is 0 Å². The van der Waals surface area contributed by atoms with Crippen molar-refractivity contribution in [2.75, 3.05) is 0 Å². The van der Waals surface area contributed by atoms with E-state index >= 15 is 0 Å². The molecule has 0 atom stereocenters. The van der Waals surface area contributed by atoms with Crippen LogP contribution >= 0.6 is 25.5 Å². The molecule has 3 radical (unpaired) electrons. The van der Waals surface area contributed by atoms with Gasteiger partial charge in [-0.1, -0.05) is 0 Å². The van der Waals surface area contributed by atoms with E-state index in [1.54, 1.807) is 0 Å². The van der Waals surface area contributed by atoms with Crippen LogP contribution in [-0.4, -0.2) is 44.4 Å². The molecule has 0 nitrogen and oxygen atoms in total. The maximum absolute atomic E-state index is 5.01. The van der Waals surface area contributed by atoms with Crippen LogP contribution in [0, 0.1) is 0 Å². The second-order valence-corrected chi connectivity index (χ2v) is 15.1. The van der Waals surface area contributed by atoms with E-state index in [9.17, 15) is 0 Å². The first kappa shape index (κ1) is 10.6. The van der Waals surface area contributed by atoms with Crippen molar-refractivity contribution in [3.8, 4) is 0 Å². The Balaban J connectivity index is 0. The normalized spacial score (nSPS) is 7.20. The fourth-order valence-corrected chi connectivity index (χ4v) is 0. The van der Waals surface area contributed by atoms with Gasteiger partial charge in [0.25, 0.3) is 0 Å². The molecule has 0 aliphatic carbocycles. The number of rotatable bonds is 0. The van der Waals surface area contributed by atoms with Gasteiger partial charge in [0.05, 0.1) is 0 Å². The summed E-state index contributed by atoms with van der Waals surface area (Å²) >= 11 is -2.18. The predicted octanol–water partition coefficient (Wildman–Crippen LogP) is 1.31. The van der Waals surface area contributed by atoms with Crippen molar-refractivity contribution in [2.45, 2.75) is 0 Å². The van der Waals surface area contributed by atoms with Gasteiger partial charge < -0.3 is 0 Å². The van der Waals surface area contributed by atoms with Gasteiger partial charge in [0, 0.05) is 26.2 Å². The average Bonchev–Trinajstić information content (AvgIpc) is 0.811. The SMILES string of the molecule is [Bi].[Cl][Bi]([Cl])[Cl]. The second kappa shape index (κ2) is 6.64. The van der Waals surface area contributed by atoms with E-state index in [1.165, 1.54) is 0 Å². The van der Waals surface area contributed by atoms with Gasteiger partial charge >= 0.3 is 43.7 Å². The van der Waals surface area contributed by atoms with Gasteiger partial charge in [0.1, 0.15) is 0 Å². The average molecular weight is 524 g/mol. The topological polar surface area (TPSA) is 0 Å². The molecule has 0 aromatic rings. The molecule has 0 spiro atoms. The molecule has 0 saturated carbocycles. The molecule has 0 N–H and O–H groups in total. The van der Waals surface area contributed by atoms with Crippen LogP contribution in [0.15, 0.2) is 0 Å². The van der Waals surface area contributed by atoms with Crippen LogP contribution in [0.25, 0.3) is 0 Å². The predicted molar refractivity (Wildman–Crippen MR) is 29.1 cm³/mol. The molecular weight excluding hydrogens is 524 g/mol. The minimum atomic E-state index is -2.18. The van der Waals surface area contributed by atoms with Crippen molar-refractivity contribution >= 4 is 69.9 Å². The Hall–Kier alpha value is 2.64. The second-order valence-electron chi connectivity index (χ2n) is 0.192. The van der Waals surface area contributed by atoms with Crippen molar-refractivity contribution in [3.63, 3.8) is 0 Å². The van der Waals surface area contributed by atoms with Gasteiger partial charge in [-0.25, -0.2) is 0 Å². The maximum atomic E-state index is 5.01. The van der Waals surface area contributed by atoms with E-state index in [0.29, 0.717) is 0 Å². The molecule has 5 heteroatoms. The van der Waals surface area contributed by atoms with Crippen molar-refractivity contribution in [1.82, 2.24) is 0 Å². The van der Waals surface area contributed by atoms with Gasteiger partial charge in [-0.05, 0) is 0 Å². The Kier molecular flexibility index (Phi) is 14.1. The molecule has 0 unspecified atom stereocenters.